The second-order valence-electron chi connectivity index (χ2n) is 3.07. The summed E-state index contributed by atoms with van der Waals surface area (Å²) in [6.07, 6.45) is -0.554. The van der Waals surface area contributed by atoms with E-state index in [1.54, 1.807) is 6.07 Å². The predicted octanol–water partition coefficient (Wildman–Crippen LogP) is 1.83. The SMILES string of the molecule is FC(F)(F)c1ccccc1.S.[CH2-]CCCC.[Na+]. The number of hydrogen-bond donors (Lipinski definition) is 0. The molecule has 0 nitrogen and oxygen atoms in total. The minimum Gasteiger partial charge on any atom is -0.343 e. The molecule has 5 heteroatoms. The Morgan fingerprint density at radius 2 is 1.59 bits per heavy atom. The van der Waals surface area contributed by atoms with Gasteiger partial charge in [0.05, 0.1) is 5.56 Å². The Labute approximate surface area is 131 Å². The van der Waals surface area contributed by atoms with Crippen LogP contribution >= 0.6 is 13.5 Å². The Kier molecular flexibility index (Phi) is 17.0. The molecule has 0 amide bonds. The summed E-state index contributed by atoms with van der Waals surface area (Å²) >= 11 is 0. The van der Waals surface area contributed by atoms with Crippen LogP contribution in [0, 0.1) is 6.92 Å². The molecular formula is C12H18F3NaS. The zero-order chi connectivity index (χ0) is 11.7. The molecule has 0 aliphatic carbocycles. The first-order chi connectivity index (χ1) is 7.02. The van der Waals surface area contributed by atoms with Crippen LogP contribution in [0.1, 0.15) is 31.7 Å². The number of hydrogen-bond acceptors (Lipinski definition) is 0. The number of halogens is 3. The van der Waals surface area contributed by atoms with E-state index in [9.17, 15) is 13.2 Å². The van der Waals surface area contributed by atoms with E-state index in [4.69, 9.17) is 0 Å². The molecule has 0 aromatic heterocycles. The quantitative estimate of drug-likeness (QED) is 0.570. The van der Waals surface area contributed by atoms with E-state index in [-0.39, 0.29) is 43.1 Å². The third-order valence-electron chi connectivity index (χ3n) is 1.70. The molecule has 1 aromatic carbocycles. The van der Waals surface area contributed by atoms with Crippen LogP contribution in [0.5, 0.6) is 0 Å². The number of unbranched alkanes of at least 4 members (excludes halogenated alkanes) is 2. The summed E-state index contributed by atoms with van der Waals surface area (Å²) in [5, 5.41) is 0. The van der Waals surface area contributed by atoms with E-state index in [2.05, 4.69) is 13.8 Å². The van der Waals surface area contributed by atoms with Gasteiger partial charge in [-0.15, -0.1) is 0 Å². The van der Waals surface area contributed by atoms with Crippen molar-refractivity contribution in [3.8, 4) is 0 Å². The molecule has 0 spiro atoms. The Hall–Kier alpha value is 0.360. The van der Waals surface area contributed by atoms with Crippen molar-refractivity contribution in [1.29, 1.82) is 0 Å². The van der Waals surface area contributed by atoms with Gasteiger partial charge in [-0.25, -0.2) is 0 Å². The second-order valence-corrected chi connectivity index (χ2v) is 3.07. The van der Waals surface area contributed by atoms with Crippen molar-refractivity contribution < 1.29 is 42.7 Å². The topological polar surface area (TPSA) is 0 Å². The third kappa shape index (κ3) is 12.6. The van der Waals surface area contributed by atoms with Crippen molar-refractivity contribution in [3.63, 3.8) is 0 Å². The number of rotatable bonds is 2. The summed E-state index contributed by atoms with van der Waals surface area (Å²) in [7, 11) is 0. The first-order valence-electron chi connectivity index (χ1n) is 4.93. The van der Waals surface area contributed by atoms with E-state index in [0.717, 1.165) is 18.6 Å². The fourth-order valence-electron chi connectivity index (χ4n) is 0.877. The van der Waals surface area contributed by atoms with Gasteiger partial charge >= 0.3 is 35.7 Å². The summed E-state index contributed by atoms with van der Waals surface area (Å²) in [4.78, 5) is 0. The molecule has 0 aliphatic rings. The van der Waals surface area contributed by atoms with E-state index < -0.39 is 11.7 Å². The molecular weight excluding hydrogens is 256 g/mol. The monoisotopic (exact) mass is 274 g/mol. The van der Waals surface area contributed by atoms with Gasteiger partial charge in [0.1, 0.15) is 0 Å². The van der Waals surface area contributed by atoms with Gasteiger partial charge in [-0.05, 0) is 0 Å². The largest absolute Gasteiger partial charge is 1.00 e. The molecule has 0 saturated heterocycles. The molecule has 0 saturated carbocycles. The van der Waals surface area contributed by atoms with E-state index in [1.807, 2.05) is 0 Å². The maximum atomic E-state index is 11.8. The molecule has 0 heterocycles. The Morgan fingerprint density at radius 1 is 1.12 bits per heavy atom. The van der Waals surface area contributed by atoms with Crippen LogP contribution in [0.3, 0.4) is 0 Å². The first-order valence-corrected chi connectivity index (χ1v) is 4.93. The summed E-state index contributed by atoms with van der Waals surface area (Å²) in [6, 6.07) is 6.36. The maximum Gasteiger partial charge on any atom is 1.00 e. The standard InChI is InChI=1S/C7H5F3.C5H11.Na.H2S/c8-7(9,10)6-4-2-1-3-5-6;1-3-5-4-2;;/h1-5H;1,3-5H2,2H3;;1H2/q;-1;+1;. The third-order valence-corrected chi connectivity index (χ3v) is 1.70. The van der Waals surface area contributed by atoms with Crippen LogP contribution < -0.4 is 29.6 Å². The van der Waals surface area contributed by atoms with Gasteiger partial charge in [-0.1, -0.05) is 50.1 Å². The normalized spacial score (nSPS) is 9.24. The number of benzene rings is 1. The van der Waals surface area contributed by atoms with Crippen LogP contribution in [0.15, 0.2) is 30.3 Å². The van der Waals surface area contributed by atoms with Crippen molar-refractivity contribution in [3.05, 3.63) is 42.8 Å². The Morgan fingerprint density at radius 3 is 1.76 bits per heavy atom. The van der Waals surface area contributed by atoms with E-state index in [0.29, 0.717) is 0 Å². The van der Waals surface area contributed by atoms with Crippen LogP contribution in [0.2, 0.25) is 0 Å². The zero-order valence-electron chi connectivity index (χ0n) is 10.3. The van der Waals surface area contributed by atoms with Gasteiger partial charge in [0.15, 0.2) is 0 Å². The van der Waals surface area contributed by atoms with Gasteiger partial charge in [0.2, 0.25) is 0 Å². The molecule has 94 valence electrons. The maximum absolute atomic E-state index is 11.8. The molecule has 0 fully saturated rings. The van der Waals surface area contributed by atoms with Crippen LogP contribution in [-0.4, -0.2) is 0 Å². The molecule has 0 bridgehead atoms. The van der Waals surface area contributed by atoms with E-state index >= 15 is 0 Å². The molecule has 0 unspecified atom stereocenters. The van der Waals surface area contributed by atoms with Crippen LogP contribution in [0.25, 0.3) is 0 Å². The fourth-order valence-corrected chi connectivity index (χ4v) is 0.877. The van der Waals surface area contributed by atoms with Crippen molar-refractivity contribution in [2.24, 2.45) is 0 Å². The zero-order valence-corrected chi connectivity index (χ0v) is 13.3. The molecule has 17 heavy (non-hydrogen) atoms. The van der Waals surface area contributed by atoms with Gasteiger partial charge in [-0.2, -0.15) is 33.1 Å². The smallest absolute Gasteiger partial charge is 0.343 e. The fraction of sp³-hybridized carbons (Fsp3) is 0.417. The van der Waals surface area contributed by atoms with Gasteiger partial charge in [0.25, 0.3) is 0 Å². The van der Waals surface area contributed by atoms with Gasteiger partial charge < -0.3 is 6.92 Å². The minimum absolute atomic E-state index is 0. The molecule has 0 atom stereocenters. The summed E-state index contributed by atoms with van der Waals surface area (Å²) in [5.74, 6) is 0. The van der Waals surface area contributed by atoms with Crippen LogP contribution in [0.4, 0.5) is 13.2 Å². The molecule has 0 aliphatic heterocycles. The summed E-state index contributed by atoms with van der Waals surface area (Å²) in [5.41, 5.74) is -0.602. The molecule has 1 aromatic rings. The van der Waals surface area contributed by atoms with Crippen LogP contribution in [-0.2, 0) is 6.18 Å². The van der Waals surface area contributed by atoms with Crippen molar-refractivity contribution in [2.75, 3.05) is 0 Å². The average Bonchev–Trinajstić information content (AvgIpc) is 2.20. The van der Waals surface area contributed by atoms with Crippen molar-refractivity contribution in [1.82, 2.24) is 0 Å². The minimum atomic E-state index is -4.21. The number of alkyl halides is 3. The van der Waals surface area contributed by atoms with Crippen molar-refractivity contribution >= 4 is 13.5 Å². The average molecular weight is 274 g/mol. The molecule has 0 radical (unpaired) electrons. The Balaban J connectivity index is -0.000000247. The molecule has 1 rings (SSSR count). The predicted molar refractivity (Wildman–Crippen MR) is 66.7 cm³/mol. The Bertz CT molecular complexity index is 248. The summed E-state index contributed by atoms with van der Waals surface area (Å²) in [6.45, 7) is 5.85. The second kappa shape index (κ2) is 12.8. The van der Waals surface area contributed by atoms with E-state index in [1.165, 1.54) is 25.0 Å². The van der Waals surface area contributed by atoms with Gasteiger partial charge in [0, 0.05) is 0 Å². The summed E-state index contributed by atoms with van der Waals surface area (Å²) < 4.78 is 35.4. The molecule has 0 N–H and O–H groups in total. The van der Waals surface area contributed by atoms with Crippen molar-refractivity contribution in [2.45, 2.75) is 32.4 Å². The van der Waals surface area contributed by atoms with Gasteiger partial charge in [-0.3, -0.25) is 0 Å². The first kappa shape index (κ1) is 22.5.